The Balaban J connectivity index is 2.19. The first-order chi connectivity index (χ1) is 7.27. The minimum atomic E-state index is 0.881. The standard InChI is InChI=1S/C12H17BrN2/c13-10-5-6-12(11(14)9-10)15-7-3-1-2-4-8-15/h5-6,9H,1-4,7-8,14H2. The Bertz CT molecular complexity index is 330. The van der Waals surface area contributed by atoms with Crippen molar-refractivity contribution in [1.82, 2.24) is 0 Å². The topological polar surface area (TPSA) is 29.3 Å². The van der Waals surface area contributed by atoms with E-state index in [4.69, 9.17) is 5.73 Å². The molecule has 3 heteroatoms. The summed E-state index contributed by atoms with van der Waals surface area (Å²) in [6.07, 6.45) is 5.28. The van der Waals surface area contributed by atoms with Crippen molar-refractivity contribution >= 4 is 27.3 Å². The highest BCUT2D eigenvalue weighted by molar-refractivity contribution is 9.10. The lowest BCUT2D eigenvalue weighted by molar-refractivity contribution is 0.726. The van der Waals surface area contributed by atoms with Gasteiger partial charge in [-0.2, -0.15) is 0 Å². The van der Waals surface area contributed by atoms with Gasteiger partial charge in [0.25, 0.3) is 0 Å². The Morgan fingerprint density at radius 2 is 1.73 bits per heavy atom. The lowest BCUT2D eigenvalue weighted by atomic mass is 10.2. The summed E-state index contributed by atoms with van der Waals surface area (Å²) in [6.45, 7) is 2.29. The molecule has 15 heavy (non-hydrogen) atoms. The molecule has 0 amide bonds. The van der Waals surface area contributed by atoms with Gasteiger partial charge in [0, 0.05) is 17.6 Å². The van der Waals surface area contributed by atoms with Crippen LogP contribution in [0.2, 0.25) is 0 Å². The summed E-state index contributed by atoms with van der Waals surface area (Å²) in [5, 5.41) is 0. The predicted octanol–water partition coefficient (Wildman–Crippen LogP) is 3.41. The first-order valence-electron chi connectivity index (χ1n) is 5.57. The van der Waals surface area contributed by atoms with Crippen molar-refractivity contribution < 1.29 is 0 Å². The molecule has 0 radical (unpaired) electrons. The number of anilines is 2. The van der Waals surface area contributed by atoms with Gasteiger partial charge in [-0.15, -0.1) is 0 Å². The Kier molecular flexibility index (Phi) is 3.52. The van der Waals surface area contributed by atoms with Crippen LogP contribution in [0.15, 0.2) is 22.7 Å². The molecule has 0 saturated carbocycles. The summed E-state index contributed by atoms with van der Waals surface area (Å²) in [5.74, 6) is 0. The van der Waals surface area contributed by atoms with Crippen LogP contribution in [0.3, 0.4) is 0 Å². The van der Waals surface area contributed by atoms with Gasteiger partial charge in [0.2, 0.25) is 0 Å². The predicted molar refractivity (Wildman–Crippen MR) is 69.2 cm³/mol. The SMILES string of the molecule is Nc1cc(Br)ccc1N1CCCCCC1. The maximum atomic E-state index is 6.03. The summed E-state index contributed by atoms with van der Waals surface area (Å²) in [5.41, 5.74) is 8.11. The van der Waals surface area contributed by atoms with Gasteiger partial charge in [0.15, 0.2) is 0 Å². The molecule has 1 aromatic rings. The van der Waals surface area contributed by atoms with E-state index in [0.29, 0.717) is 0 Å². The fraction of sp³-hybridized carbons (Fsp3) is 0.500. The van der Waals surface area contributed by atoms with Gasteiger partial charge in [0.1, 0.15) is 0 Å². The average Bonchev–Trinajstić information content (AvgIpc) is 2.46. The van der Waals surface area contributed by atoms with Gasteiger partial charge in [-0.3, -0.25) is 0 Å². The lowest BCUT2D eigenvalue weighted by Gasteiger charge is -2.24. The summed E-state index contributed by atoms with van der Waals surface area (Å²) in [6, 6.07) is 6.17. The number of benzene rings is 1. The second-order valence-electron chi connectivity index (χ2n) is 4.10. The molecule has 0 bridgehead atoms. The van der Waals surface area contributed by atoms with Crippen molar-refractivity contribution in [2.45, 2.75) is 25.7 Å². The van der Waals surface area contributed by atoms with Gasteiger partial charge >= 0.3 is 0 Å². The monoisotopic (exact) mass is 268 g/mol. The van der Waals surface area contributed by atoms with E-state index in [2.05, 4.69) is 33.0 Å². The Hall–Kier alpha value is -0.700. The van der Waals surface area contributed by atoms with Crippen molar-refractivity contribution in [3.63, 3.8) is 0 Å². The highest BCUT2D eigenvalue weighted by Gasteiger charge is 2.12. The van der Waals surface area contributed by atoms with Gasteiger partial charge in [0.05, 0.1) is 11.4 Å². The maximum Gasteiger partial charge on any atom is 0.0600 e. The molecule has 0 aliphatic carbocycles. The van der Waals surface area contributed by atoms with Crippen molar-refractivity contribution in [2.24, 2.45) is 0 Å². The van der Waals surface area contributed by atoms with E-state index < -0.39 is 0 Å². The molecule has 1 aromatic carbocycles. The first kappa shape index (κ1) is 10.8. The number of hydrogen-bond donors (Lipinski definition) is 1. The van der Waals surface area contributed by atoms with Gasteiger partial charge in [-0.25, -0.2) is 0 Å². The van der Waals surface area contributed by atoms with Gasteiger partial charge in [-0.05, 0) is 31.0 Å². The highest BCUT2D eigenvalue weighted by Crippen LogP contribution is 2.28. The quantitative estimate of drug-likeness (QED) is 0.791. The summed E-state index contributed by atoms with van der Waals surface area (Å²) < 4.78 is 1.05. The van der Waals surface area contributed by atoms with Crippen LogP contribution in [0.4, 0.5) is 11.4 Å². The molecule has 1 fully saturated rings. The second-order valence-corrected chi connectivity index (χ2v) is 5.02. The number of halogens is 1. The van der Waals surface area contributed by atoms with E-state index in [1.165, 1.54) is 31.4 Å². The van der Waals surface area contributed by atoms with E-state index in [-0.39, 0.29) is 0 Å². The zero-order valence-corrected chi connectivity index (χ0v) is 10.5. The molecule has 2 rings (SSSR count). The van der Waals surface area contributed by atoms with Crippen LogP contribution in [0.1, 0.15) is 25.7 Å². The molecule has 2 nitrogen and oxygen atoms in total. The molecule has 0 aromatic heterocycles. The van der Waals surface area contributed by atoms with E-state index in [1.807, 2.05) is 6.07 Å². The molecule has 0 unspecified atom stereocenters. The van der Waals surface area contributed by atoms with Crippen LogP contribution in [0, 0.1) is 0 Å². The molecule has 1 aliphatic heterocycles. The van der Waals surface area contributed by atoms with Gasteiger partial charge < -0.3 is 10.6 Å². The van der Waals surface area contributed by atoms with E-state index >= 15 is 0 Å². The second kappa shape index (κ2) is 4.88. The lowest BCUT2D eigenvalue weighted by Crippen LogP contribution is -2.24. The number of nitrogen functional groups attached to an aromatic ring is 1. The third-order valence-electron chi connectivity index (χ3n) is 2.94. The van der Waals surface area contributed by atoms with Crippen molar-refractivity contribution in [1.29, 1.82) is 0 Å². The molecule has 1 saturated heterocycles. The maximum absolute atomic E-state index is 6.03. The summed E-state index contributed by atoms with van der Waals surface area (Å²) in [7, 11) is 0. The van der Waals surface area contributed by atoms with Crippen LogP contribution < -0.4 is 10.6 Å². The summed E-state index contributed by atoms with van der Waals surface area (Å²) in [4.78, 5) is 2.41. The fourth-order valence-electron chi connectivity index (χ4n) is 2.12. The molecule has 1 heterocycles. The molecule has 2 N–H and O–H groups in total. The van der Waals surface area contributed by atoms with Crippen molar-refractivity contribution in [3.8, 4) is 0 Å². The van der Waals surface area contributed by atoms with Crippen LogP contribution in [0.25, 0.3) is 0 Å². The number of hydrogen-bond acceptors (Lipinski definition) is 2. The normalized spacial score (nSPS) is 17.5. The van der Waals surface area contributed by atoms with Crippen molar-refractivity contribution in [3.05, 3.63) is 22.7 Å². The molecule has 82 valence electrons. The zero-order chi connectivity index (χ0) is 10.7. The van der Waals surface area contributed by atoms with E-state index in [1.54, 1.807) is 0 Å². The fourth-order valence-corrected chi connectivity index (χ4v) is 2.50. The molecule has 0 atom stereocenters. The number of nitrogens with zero attached hydrogens (tertiary/aromatic N) is 1. The Morgan fingerprint density at radius 3 is 2.33 bits per heavy atom. The van der Waals surface area contributed by atoms with Crippen LogP contribution >= 0.6 is 15.9 Å². The van der Waals surface area contributed by atoms with E-state index in [0.717, 1.165) is 23.2 Å². The minimum Gasteiger partial charge on any atom is -0.397 e. The summed E-state index contributed by atoms with van der Waals surface area (Å²) >= 11 is 3.44. The zero-order valence-electron chi connectivity index (χ0n) is 8.88. The molecule has 0 spiro atoms. The van der Waals surface area contributed by atoms with Gasteiger partial charge in [-0.1, -0.05) is 28.8 Å². The Morgan fingerprint density at radius 1 is 1.07 bits per heavy atom. The average molecular weight is 269 g/mol. The van der Waals surface area contributed by atoms with E-state index in [9.17, 15) is 0 Å². The number of rotatable bonds is 1. The molecular weight excluding hydrogens is 252 g/mol. The smallest absolute Gasteiger partial charge is 0.0600 e. The first-order valence-corrected chi connectivity index (χ1v) is 6.36. The largest absolute Gasteiger partial charge is 0.397 e. The third-order valence-corrected chi connectivity index (χ3v) is 3.43. The van der Waals surface area contributed by atoms with Crippen LogP contribution in [-0.4, -0.2) is 13.1 Å². The number of nitrogens with two attached hydrogens (primary N) is 1. The third kappa shape index (κ3) is 2.65. The minimum absolute atomic E-state index is 0.881. The van der Waals surface area contributed by atoms with Crippen LogP contribution in [0.5, 0.6) is 0 Å². The van der Waals surface area contributed by atoms with Crippen LogP contribution in [-0.2, 0) is 0 Å². The highest BCUT2D eigenvalue weighted by atomic mass is 79.9. The molecular formula is C12H17BrN2. The van der Waals surface area contributed by atoms with Crippen molar-refractivity contribution in [2.75, 3.05) is 23.7 Å². The Labute approximate surface area is 99.6 Å². The molecule has 1 aliphatic rings.